The number of rotatable bonds is 10. The van der Waals surface area contributed by atoms with Gasteiger partial charge in [-0.3, -0.25) is 0 Å². The monoisotopic (exact) mass is 242 g/mol. The normalized spacial score (nSPS) is 14.6. The fourth-order valence-electron chi connectivity index (χ4n) is 1.30. The molecule has 0 fully saturated rings. The average molecular weight is 242 g/mol. The molecule has 4 nitrogen and oxygen atoms in total. The molecule has 0 amide bonds. The zero-order valence-corrected chi connectivity index (χ0v) is 11.6. The van der Waals surface area contributed by atoms with Gasteiger partial charge in [-0.05, 0) is 32.7 Å². The quantitative estimate of drug-likeness (QED) is 0.595. The third-order valence-electron chi connectivity index (χ3n) is 2.59. The minimum absolute atomic E-state index is 0.433. The summed E-state index contributed by atoms with van der Waals surface area (Å²) in [5, 5.41) is 11.9. The van der Waals surface area contributed by atoms with E-state index >= 15 is 0 Å². The molecule has 0 aromatic rings. The smallest absolute Gasteiger partial charge is 0.103 e. The van der Waals surface area contributed by atoms with Gasteiger partial charge in [0.25, 0.3) is 0 Å². The van der Waals surface area contributed by atoms with Crippen LogP contribution in [0.4, 0.5) is 0 Å². The summed E-state index contributed by atoms with van der Waals surface area (Å²) in [6.45, 7) is 8.91. The second kappa shape index (κ2) is 9.41. The Morgan fingerprint density at radius 3 is 2.41 bits per heavy atom. The maximum absolute atomic E-state index is 8.94. The van der Waals surface area contributed by atoms with Crippen molar-refractivity contribution in [2.75, 3.05) is 33.5 Å². The summed E-state index contributed by atoms with van der Waals surface area (Å²) in [4.78, 5) is 0. The highest BCUT2D eigenvalue weighted by Gasteiger charge is 2.19. The number of hydrogen-bond acceptors (Lipinski definition) is 4. The van der Waals surface area contributed by atoms with Crippen LogP contribution >= 0.6 is 0 Å². The molecule has 0 heterocycles. The summed E-state index contributed by atoms with van der Waals surface area (Å²) >= 11 is 0. The predicted octanol–water partition coefficient (Wildman–Crippen LogP) is 1.96. The van der Waals surface area contributed by atoms with Gasteiger partial charge in [-0.1, -0.05) is 13.8 Å². The van der Waals surface area contributed by atoms with Gasteiger partial charge in [-0.25, -0.2) is 0 Å². The van der Waals surface area contributed by atoms with Gasteiger partial charge < -0.3 is 14.8 Å². The molecule has 0 saturated heterocycles. The molecule has 0 radical (unpaired) electrons. The molecule has 0 rings (SSSR count). The number of nitriles is 1. The van der Waals surface area contributed by atoms with Crippen LogP contribution < -0.4 is 5.32 Å². The van der Waals surface area contributed by atoms with Crippen molar-refractivity contribution in [1.29, 1.82) is 5.26 Å². The molecule has 1 unspecified atom stereocenters. The lowest BCUT2D eigenvalue weighted by atomic mass is 9.98. The molecule has 0 saturated carbocycles. The summed E-state index contributed by atoms with van der Waals surface area (Å²) in [6, 6.07) is 2.26. The molecule has 1 N–H and O–H groups in total. The topological polar surface area (TPSA) is 54.3 Å². The number of ether oxygens (including phenoxy) is 2. The van der Waals surface area contributed by atoms with Gasteiger partial charge in [0.2, 0.25) is 0 Å². The molecule has 0 bridgehead atoms. The first-order valence-electron chi connectivity index (χ1n) is 6.29. The number of hydrogen-bond donors (Lipinski definition) is 1. The van der Waals surface area contributed by atoms with Crippen LogP contribution in [0.1, 0.15) is 33.6 Å². The maximum Gasteiger partial charge on any atom is 0.103 e. The minimum atomic E-state index is -0.433. The molecule has 100 valence electrons. The molecular weight excluding hydrogens is 216 g/mol. The highest BCUT2D eigenvalue weighted by atomic mass is 16.5. The van der Waals surface area contributed by atoms with Crippen LogP contribution in [0.25, 0.3) is 0 Å². The zero-order chi connectivity index (χ0) is 13.1. The van der Waals surface area contributed by atoms with Crippen LogP contribution in [-0.4, -0.2) is 39.0 Å². The van der Waals surface area contributed by atoms with Crippen LogP contribution in [0, 0.1) is 17.2 Å². The van der Waals surface area contributed by atoms with Gasteiger partial charge in [0.05, 0.1) is 19.3 Å². The number of nitrogens with one attached hydrogen (secondary N) is 1. The van der Waals surface area contributed by atoms with Crippen molar-refractivity contribution in [1.82, 2.24) is 5.32 Å². The van der Waals surface area contributed by atoms with Crippen LogP contribution in [0.3, 0.4) is 0 Å². The summed E-state index contributed by atoms with van der Waals surface area (Å²) < 4.78 is 10.8. The van der Waals surface area contributed by atoms with Crippen molar-refractivity contribution < 1.29 is 9.47 Å². The molecule has 0 aliphatic rings. The van der Waals surface area contributed by atoms with Gasteiger partial charge in [0, 0.05) is 13.2 Å². The molecule has 0 aliphatic heterocycles. The summed E-state index contributed by atoms with van der Waals surface area (Å²) in [5.74, 6) is 0.571. The van der Waals surface area contributed by atoms with E-state index in [0.717, 1.165) is 19.4 Å². The van der Waals surface area contributed by atoms with Gasteiger partial charge in [-0.15, -0.1) is 0 Å². The van der Waals surface area contributed by atoms with E-state index in [4.69, 9.17) is 14.7 Å². The Morgan fingerprint density at radius 1 is 1.24 bits per heavy atom. The van der Waals surface area contributed by atoms with E-state index in [2.05, 4.69) is 25.2 Å². The lowest BCUT2D eigenvalue weighted by molar-refractivity contribution is 0.0358. The van der Waals surface area contributed by atoms with Crippen LogP contribution in [-0.2, 0) is 9.47 Å². The molecule has 0 aromatic heterocycles. The molecule has 0 aliphatic carbocycles. The SMILES string of the molecule is CNC(C)(C#N)CCCOCCOCC(C)C. The van der Waals surface area contributed by atoms with E-state index in [1.54, 1.807) is 0 Å². The fourth-order valence-corrected chi connectivity index (χ4v) is 1.30. The predicted molar refractivity (Wildman–Crippen MR) is 68.8 cm³/mol. The Labute approximate surface area is 105 Å². The fraction of sp³-hybridized carbons (Fsp3) is 0.923. The molecule has 17 heavy (non-hydrogen) atoms. The summed E-state index contributed by atoms with van der Waals surface area (Å²) in [6.07, 6.45) is 1.68. The Hall–Kier alpha value is -0.630. The maximum atomic E-state index is 8.94. The Balaban J connectivity index is 3.33. The lowest BCUT2D eigenvalue weighted by Gasteiger charge is -2.20. The van der Waals surface area contributed by atoms with Crippen LogP contribution in [0.15, 0.2) is 0 Å². The molecule has 1 atom stereocenters. The first-order valence-corrected chi connectivity index (χ1v) is 6.29. The van der Waals surface area contributed by atoms with E-state index < -0.39 is 5.54 Å². The van der Waals surface area contributed by atoms with E-state index in [0.29, 0.717) is 25.7 Å². The first kappa shape index (κ1) is 16.4. The highest BCUT2D eigenvalue weighted by Crippen LogP contribution is 2.09. The van der Waals surface area contributed by atoms with E-state index in [1.807, 2.05) is 14.0 Å². The summed E-state index contributed by atoms with van der Waals surface area (Å²) in [5.41, 5.74) is -0.433. The third-order valence-corrected chi connectivity index (χ3v) is 2.59. The van der Waals surface area contributed by atoms with Crippen molar-refractivity contribution in [3.63, 3.8) is 0 Å². The van der Waals surface area contributed by atoms with Gasteiger partial charge in [0.1, 0.15) is 5.54 Å². The standard InChI is InChI=1S/C13H26N2O2/c1-12(2)10-17-9-8-16-7-5-6-13(3,11-14)15-4/h12,15H,5-10H2,1-4H3. The van der Waals surface area contributed by atoms with Crippen molar-refractivity contribution >= 4 is 0 Å². The third kappa shape index (κ3) is 9.11. The van der Waals surface area contributed by atoms with Crippen molar-refractivity contribution in [3.05, 3.63) is 0 Å². The largest absolute Gasteiger partial charge is 0.379 e. The van der Waals surface area contributed by atoms with Crippen molar-refractivity contribution in [3.8, 4) is 6.07 Å². The Morgan fingerprint density at radius 2 is 1.88 bits per heavy atom. The van der Waals surface area contributed by atoms with Crippen molar-refractivity contribution in [2.24, 2.45) is 5.92 Å². The van der Waals surface area contributed by atoms with E-state index in [-0.39, 0.29) is 0 Å². The highest BCUT2D eigenvalue weighted by molar-refractivity contribution is 5.02. The van der Waals surface area contributed by atoms with Crippen LogP contribution in [0.2, 0.25) is 0 Å². The zero-order valence-electron chi connectivity index (χ0n) is 11.6. The van der Waals surface area contributed by atoms with Gasteiger partial charge in [0.15, 0.2) is 0 Å². The van der Waals surface area contributed by atoms with Gasteiger partial charge >= 0.3 is 0 Å². The second-order valence-electron chi connectivity index (χ2n) is 4.88. The average Bonchev–Trinajstić information content (AvgIpc) is 2.32. The summed E-state index contributed by atoms with van der Waals surface area (Å²) in [7, 11) is 1.81. The molecule has 4 heteroatoms. The van der Waals surface area contributed by atoms with Gasteiger partial charge in [-0.2, -0.15) is 5.26 Å². The Bertz CT molecular complexity index is 226. The molecule has 0 aromatic carbocycles. The first-order chi connectivity index (χ1) is 8.04. The molecule has 0 spiro atoms. The number of nitrogens with zero attached hydrogens (tertiary/aromatic N) is 1. The second-order valence-corrected chi connectivity index (χ2v) is 4.88. The van der Waals surface area contributed by atoms with E-state index in [9.17, 15) is 0 Å². The van der Waals surface area contributed by atoms with E-state index in [1.165, 1.54) is 0 Å². The van der Waals surface area contributed by atoms with Crippen LogP contribution in [0.5, 0.6) is 0 Å². The minimum Gasteiger partial charge on any atom is -0.379 e. The van der Waals surface area contributed by atoms with Crippen molar-refractivity contribution in [2.45, 2.75) is 39.2 Å². The lowest BCUT2D eigenvalue weighted by Crippen LogP contribution is -2.38. The Kier molecular flexibility index (Phi) is 9.06. The molecular formula is C13H26N2O2.